The standard InChI is InChI=1S/C28H32N2O4/c1-3-4-5-6-7-10-21-12-14-22(15-13-21)20-30(27(32)25-11-8-9-18-29-25)23-16-17-26(31)24(19-23)28(33)34-2/h8-9,11-19,31H,3-7,10,20H2,1-2H3. The van der Waals surface area contributed by atoms with Crippen LogP contribution < -0.4 is 4.90 Å². The summed E-state index contributed by atoms with van der Waals surface area (Å²) in [6.45, 7) is 2.51. The molecule has 0 atom stereocenters. The predicted molar refractivity (Wildman–Crippen MR) is 133 cm³/mol. The zero-order valence-electron chi connectivity index (χ0n) is 19.9. The van der Waals surface area contributed by atoms with Gasteiger partial charge in [-0.3, -0.25) is 9.78 Å². The van der Waals surface area contributed by atoms with Crippen molar-refractivity contribution in [2.24, 2.45) is 0 Å². The molecule has 1 N–H and O–H groups in total. The Morgan fingerprint density at radius 3 is 2.35 bits per heavy atom. The lowest BCUT2D eigenvalue weighted by Crippen LogP contribution is -2.31. The molecule has 0 aliphatic heterocycles. The van der Waals surface area contributed by atoms with E-state index < -0.39 is 5.97 Å². The van der Waals surface area contributed by atoms with Crippen molar-refractivity contribution in [3.05, 3.63) is 89.2 Å². The lowest BCUT2D eigenvalue weighted by atomic mass is 10.0. The average Bonchev–Trinajstić information content (AvgIpc) is 2.88. The van der Waals surface area contributed by atoms with E-state index in [0.29, 0.717) is 11.4 Å². The van der Waals surface area contributed by atoms with E-state index in [2.05, 4.69) is 24.0 Å². The smallest absolute Gasteiger partial charge is 0.341 e. The van der Waals surface area contributed by atoms with Crippen molar-refractivity contribution < 1.29 is 19.4 Å². The number of aryl methyl sites for hydroxylation is 1. The molecule has 0 aliphatic carbocycles. The number of ether oxygens (including phenoxy) is 1. The Kier molecular flexibility index (Phi) is 9.21. The molecular formula is C28H32N2O4. The molecule has 178 valence electrons. The zero-order chi connectivity index (χ0) is 24.3. The summed E-state index contributed by atoms with van der Waals surface area (Å²) in [6.07, 6.45) is 8.83. The monoisotopic (exact) mass is 460 g/mol. The number of esters is 1. The molecule has 3 aromatic rings. The first-order valence-electron chi connectivity index (χ1n) is 11.8. The van der Waals surface area contributed by atoms with Gasteiger partial charge in [-0.2, -0.15) is 0 Å². The molecule has 6 heteroatoms. The number of anilines is 1. The van der Waals surface area contributed by atoms with Gasteiger partial charge < -0.3 is 14.7 Å². The number of unbranched alkanes of at least 4 members (excludes halogenated alkanes) is 4. The van der Waals surface area contributed by atoms with Crippen LogP contribution in [-0.2, 0) is 17.7 Å². The molecule has 1 amide bonds. The van der Waals surface area contributed by atoms with Crippen LogP contribution in [0.5, 0.6) is 5.75 Å². The molecule has 1 aromatic heterocycles. The van der Waals surface area contributed by atoms with Crippen LogP contribution in [0.3, 0.4) is 0 Å². The topological polar surface area (TPSA) is 79.7 Å². The number of methoxy groups -OCH3 is 1. The summed E-state index contributed by atoms with van der Waals surface area (Å²) < 4.78 is 4.77. The molecule has 0 aliphatic rings. The van der Waals surface area contributed by atoms with E-state index in [1.54, 1.807) is 35.4 Å². The van der Waals surface area contributed by atoms with Crippen molar-refractivity contribution in [2.45, 2.75) is 52.0 Å². The Hall–Kier alpha value is -3.67. The maximum absolute atomic E-state index is 13.4. The Labute approximate surface area is 201 Å². The number of hydrogen-bond acceptors (Lipinski definition) is 5. The number of amides is 1. The summed E-state index contributed by atoms with van der Waals surface area (Å²) in [4.78, 5) is 31.2. The molecule has 1 heterocycles. The van der Waals surface area contributed by atoms with Crippen molar-refractivity contribution in [2.75, 3.05) is 12.0 Å². The van der Waals surface area contributed by atoms with Crippen molar-refractivity contribution in [3.63, 3.8) is 0 Å². The quantitative estimate of drug-likeness (QED) is 0.283. The average molecular weight is 461 g/mol. The molecule has 34 heavy (non-hydrogen) atoms. The highest BCUT2D eigenvalue weighted by atomic mass is 16.5. The van der Waals surface area contributed by atoms with Crippen LogP contribution >= 0.6 is 0 Å². The van der Waals surface area contributed by atoms with Gasteiger partial charge in [0.1, 0.15) is 17.0 Å². The fourth-order valence-corrected chi connectivity index (χ4v) is 3.80. The van der Waals surface area contributed by atoms with Gasteiger partial charge in [-0.15, -0.1) is 0 Å². The number of phenolic OH excluding ortho intramolecular Hbond substituents is 1. The Balaban J connectivity index is 1.83. The molecule has 0 fully saturated rings. The molecule has 0 unspecified atom stereocenters. The molecule has 0 bridgehead atoms. The predicted octanol–water partition coefficient (Wildman–Crippen LogP) is 5.93. The first kappa shape index (κ1) is 25.0. The third-order valence-corrected chi connectivity index (χ3v) is 5.76. The summed E-state index contributed by atoms with van der Waals surface area (Å²) in [5.41, 5.74) is 2.98. The largest absolute Gasteiger partial charge is 0.507 e. The van der Waals surface area contributed by atoms with E-state index in [1.807, 2.05) is 12.1 Å². The Morgan fingerprint density at radius 1 is 0.941 bits per heavy atom. The second-order valence-corrected chi connectivity index (χ2v) is 8.28. The summed E-state index contributed by atoms with van der Waals surface area (Å²) in [5, 5.41) is 10.1. The van der Waals surface area contributed by atoms with Crippen LogP contribution in [0, 0.1) is 0 Å². The van der Waals surface area contributed by atoms with E-state index in [9.17, 15) is 14.7 Å². The van der Waals surface area contributed by atoms with Gasteiger partial charge in [-0.1, -0.05) is 62.9 Å². The van der Waals surface area contributed by atoms with Gasteiger partial charge in [0, 0.05) is 11.9 Å². The minimum Gasteiger partial charge on any atom is -0.507 e. The number of nitrogens with zero attached hydrogens (tertiary/aromatic N) is 2. The minimum atomic E-state index is -0.673. The van der Waals surface area contributed by atoms with Crippen molar-refractivity contribution in [1.82, 2.24) is 4.98 Å². The van der Waals surface area contributed by atoms with Crippen LogP contribution in [0.2, 0.25) is 0 Å². The van der Waals surface area contributed by atoms with Crippen LogP contribution in [-0.4, -0.2) is 29.1 Å². The number of aromatic hydroxyl groups is 1. The van der Waals surface area contributed by atoms with Gasteiger partial charge >= 0.3 is 5.97 Å². The Morgan fingerprint density at radius 2 is 1.68 bits per heavy atom. The van der Waals surface area contributed by atoms with E-state index >= 15 is 0 Å². The molecule has 2 aromatic carbocycles. The Bertz CT molecular complexity index is 1080. The first-order chi connectivity index (χ1) is 16.5. The summed E-state index contributed by atoms with van der Waals surface area (Å²) >= 11 is 0. The van der Waals surface area contributed by atoms with Gasteiger partial charge in [0.2, 0.25) is 0 Å². The highest BCUT2D eigenvalue weighted by molar-refractivity contribution is 6.05. The molecular weight excluding hydrogens is 428 g/mol. The SMILES string of the molecule is CCCCCCCc1ccc(CN(C(=O)c2ccccn2)c2ccc(O)c(C(=O)OC)c2)cc1. The zero-order valence-corrected chi connectivity index (χ0v) is 19.9. The fraction of sp³-hybridized carbons (Fsp3) is 0.321. The van der Waals surface area contributed by atoms with E-state index in [0.717, 1.165) is 12.0 Å². The third-order valence-electron chi connectivity index (χ3n) is 5.76. The number of rotatable bonds is 11. The highest BCUT2D eigenvalue weighted by Crippen LogP contribution is 2.27. The van der Waals surface area contributed by atoms with Gasteiger partial charge in [0.05, 0.1) is 13.7 Å². The second kappa shape index (κ2) is 12.5. The van der Waals surface area contributed by atoms with E-state index in [1.165, 1.54) is 56.9 Å². The van der Waals surface area contributed by atoms with Gasteiger partial charge in [-0.05, 0) is 54.3 Å². The van der Waals surface area contributed by atoms with Gasteiger partial charge in [0.25, 0.3) is 5.91 Å². The van der Waals surface area contributed by atoms with E-state index in [4.69, 9.17) is 4.74 Å². The molecule has 6 nitrogen and oxygen atoms in total. The fourth-order valence-electron chi connectivity index (χ4n) is 3.80. The summed E-state index contributed by atoms with van der Waals surface area (Å²) in [7, 11) is 1.25. The number of pyridine rings is 1. The number of carbonyl (C=O) groups excluding carboxylic acids is 2. The highest BCUT2D eigenvalue weighted by Gasteiger charge is 2.22. The number of aromatic nitrogens is 1. The summed E-state index contributed by atoms with van der Waals surface area (Å²) in [5.74, 6) is -1.18. The molecule has 0 saturated carbocycles. The maximum atomic E-state index is 13.4. The third kappa shape index (κ3) is 6.67. The first-order valence-corrected chi connectivity index (χ1v) is 11.8. The lowest BCUT2D eigenvalue weighted by Gasteiger charge is -2.23. The molecule has 3 rings (SSSR count). The van der Waals surface area contributed by atoms with Gasteiger partial charge in [0.15, 0.2) is 0 Å². The van der Waals surface area contributed by atoms with Crippen molar-refractivity contribution in [1.29, 1.82) is 0 Å². The second-order valence-electron chi connectivity index (χ2n) is 8.28. The lowest BCUT2D eigenvalue weighted by molar-refractivity contribution is 0.0597. The van der Waals surface area contributed by atoms with Gasteiger partial charge in [-0.25, -0.2) is 4.79 Å². The molecule has 0 spiro atoms. The van der Waals surface area contributed by atoms with Crippen LogP contribution in [0.25, 0.3) is 0 Å². The van der Waals surface area contributed by atoms with Crippen LogP contribution in [0.1, 0.15) is 71.0 Å². The van der Waals surface area contributed by atoms with Crippen LogP contribution in [0.4, 0.5) is 5.69 Å². The van der Waals surface area contributed by atoms with E-state index in [-0.39, 0.29) is 23.8 Å². The number of benzene rings is 2. The van der Waals surface area contributed by atoms with Crippen molar-refractivity contribution in [3.8, 4) is 5.75 Å². The van der Waals surface area contributed by atoms with Crippen LogP contribution in [0.15, 0.2) is 66.9 Å². The number of phenols is 1. The normalized spacial score (nSPS) is 10.6. The van der Waals surface area contributed by atoms with Crippen molar-refractivity contribution >= 4 is 17.6 Å². The summed E-state index contributed by atoms with van der Waals surface area (Å²) in [6, 6.07) is 17.9. The number of hydrogen-bond donors (Lipinski definition) is 1. The minimum absolute atomic E-state index is 0.00255. The number of carbonyl (C=O) groups is 2. The molecule has 0 radical (unpaired) electrons. The molecule has 0 saturated heterocycles. The maximum Gasteiger partial charge on any atom is 0.341 e.